The Labute approximate surface area is 108 Å². The molecule has 3 rings (SSSR count). The molecular weight excluding hydrogens is 252 g/mol. The molecule has 0 spiro atoms. The molecule has 7 nitrogen and oxygen atoms in total. The lowest BCUT2D eigenvalue weighted by Gasteiger charge is -2.23. The summed E-state index contributed by atoms with van der Waals surface area (Å²) in [6.45, 7) is 7.34. The van der Waals surface area contributed by atoms with Crippen LogP contribution in [0.3, 0.4) is 0 Å². The van der Waals surface area contributed by atoms with E-state index in [1.807, 2.05) is 0 Å². The zero-order chi connectivity index (χ0) is 13.8. The maximum Gasteiger partial charge on any atom is 0.331 e. The molecule has 1 aromatic heterocycles. The van der Waals surface area contributed by atoms with Gasteiger partial charge in [-0.2, -0.15) is 0 Å². The summed E-state index contributed by atoms with van der Waals surface area (Å²) < 4.78 is 18.2. The molecule has 1 unspecified atom stereocenters. The van der Waals surface area contributed by atoms with Crippen LogP contribution in [-0.4, -0.2) is 27.5 Å². The Morgan fingerprint density at radius 2 is 2.11 bits per heavy atom. The summed E-state index contributed by atoms with van der Waals surface area (Å²) in [6, 6.07) is 1.25. The summed E-state index contributed by atoms with van der Waals surface area (Å²) in [6.07, 6.45) is -0.204. The second-order valence-electron chi connectivity index (χ2n) is 5.01. The standard InChI is InChI=1S/C12H14N2O5/c1-6-8-9(19-12(2,3)18-8)10(17-6)14-5-4-7(15)13-11(14)16/h4-5,8-10H,1H2,2-3H3,(H,13,15,16)/t8?,9-,10+/m0/s1. The van der Waals surface area contributed by atoms with Crippen molar-refractivity contribution in [2.75, 3.05) is 0 Å². The second kappa shape index (κ2) is 3.82. The maximum atomic E-state index is 11.8. The number of nitrogens with zero attached hydrogens (tertiary/aromatic N) is 1. The molecule has 2 aliphatic rings. The van der Waals surface area contributed by atoms with Crippen molar-refractivity contribution in [1.29, 1.82) is 0 Å². The highest BCUT2D eigenvalue weighted by Crippen LogP contribution is 2.43. The number of aromatic amines is 1. The minimum Gasteiger partial charge on any atom is -0.469 e. The van der Waals surface area contributed by atoms with Crippen LogP contribution in [0.25, 0.3) is 0 Å². The quantitative estimate of drug-likeness (QED) is 0.779. The van der Waals surface area contributed by atoms with E-state index < -0.39 is 35.5 Å². The molecule has 0 aromatic carbocycles. The van der Waals surface area contributed by atoms with Crippen LogP contribution in [0.2, 0.25) is 0 Å². The molecule has 7 heteroatoms. The van der Waals surface area contributed by atoms with Crippen LogP contribution in [0.1, 0.15) is 20.1 Å². The number of hydrogen-bond acceptors (Lipinski definition) is 5. The van der Waals surface area contributed by atoms with Crippen molar-refractivity contribution in [2.45, 2.75) is 38.1 Å². The van der Waals surface area contributed by atoms with Crippen LogP contribution in [0.5, 0.6) is 0 Å². The molecular formula is C12H14N2O5. The molecule has 3 atom stereocenters. The van der Waals surface area contributed by atoms with Gasteiger partial charge in [-0.1, -0.05) is 6.58 Å². The van der Waals surface area contributed by atoms with Gasteiger partial charge in [0, 0.05) is 12.3 Å². The molecule has 0 bridgehead atoms. The molecule has 0 amide bonds. The molecule has 2 aliphatic heterocycles. The molecule has 1 N–H and O–H groups in total. The van der Waals surface area contributed by atoms with Gasteiger partial charge >= 0.3 is 5.69 Å². The van der Waals surface area contributed by atoms with Gasteiger partial charge in [0.2, 0.25) is 6.23 Å². The lowest BCUT2D eigenvalue weighted by molar-refractivity contribution is -0.174. The fraction of sp³-hybridized carbons (Fsp3) is 0.500. The van der Waals surface area contributed by atoms with E-state index in [-0.39, 0.29) is 0 Å². The number of ether oxygens (including phenoxy) is 3. The molecule has 2 fully saturated rings. The Kier molecular flexibility index (Phi) is 2.45. The summed E-state index contributed by atoms with van der Waals surface area (Å²) in [5, 5.41) is 0. The number of aromatic nitrogens is 2. The molecule has 0 radical (unpaired) electrons. The van der Waals surface area contributed by atoms with Crippen molar-refractivity contribution >= 4 is 0 Å². The summed E-state index contributed by atoms with van der Waals surface area (Å²) in [7, 11) is 0. The van der Waals surface area contributed by atoms with Crippen molar-refractivity contribution in [3.63, 3.8) is 0 Å². The third kappa shape index (κ3) is 1.91. The number of rotatable bonds is 1. The van der Waals surface area contributed by atoms with Gasteiger partial charge in [0.15, 0.2) is 11.9 Å². The first kappa shape index (κ1) is 12.2. The van der Waals surface area contributed by atoms with E-state index in [0.29, 0.717) is 5.76 Å². The highest BCUT2D eigenvalue weighted by atomic mass is 16.8. The summed E-state index contributed by atoms with van der Waals surface area (Å²) in [5.74, 6) is -0.342. The van der Waals surface area contributed by atoms with E-state index >= 15 is 0 Å². The Balaban J connectivity index is 2.00. The Bertz CT molecular complexity index is 644. The van der Waals surface area contributed by atoms with Crippen LogP contribution >= 0.6 is 0 Å². The lowest BCUT2D eigenvalue weighted by Crippen LogP contribution is -2.37. The highest BCUT2D eigenvalue weighted by molar-refractivity contribution is 5.10. The Morgan fingerprint density at radius 3 is 2.79 bits per heavy atom. The fourth-order valence-corrected chi connectivity index (χ4v) is 2.38. The van der Waals surface area contributed by atoms with E-state index in [9.17, 15) is 9.59 Å². The topological polar surface area (TPSA) is 82.6 Å². The van der Waals surface area contributed by atoms with Gasteiger partial charge in [0.25, 0.3) is 5.56 Å². The number of fused-ring (bicyclic) bond motifs is 1. The zero-order valence-electron chi connectivity index (χ0n) is 10.6. The van der Waals surface area contributed by atoms with Crippen molar-refractivity contribution in [3.05, 3.63) is 45.4 Å². The maximum absolute atomic E-state index is 11.8. The van der Waals surface area contributed by atoms with E-state index in [2.05, 4.69) is 11.6 Å². The predicted octanol–water partition coefficient (Wildman–Crippen LogP) is 0.0992. The second-order valence-corrected chi connectivity index (χ2v) is 5.01. The molecule has 102 valence electrons. The van der Waals surface area contributed by atoms with Gasteiger partial charge in [-0.3, -0.25) is 14.3 Å². The summed E-state index contributed by atoms with van der Waals surface area (Å²) in [5.41, 5.74) is -1.02. The van der Waals surface area contributed by atoms with Crippen molar-refractivity contribution in [1.82, 2.24) is 9.55 Å². The number of hydrogen-bond donors (Lipinski definition) is 1. The molecule has 1 aromatic rings. The van der Waals surface area contributed by atoms with Gasteiger partial charge in [0.05, 0.1) is 0 Å². The average Bonchev–Trinajstić information content (AvgIpc) is 2.75. The minimum absolute atomic E-state index is 0.415. The van der Waals surface area contributed by atoms with Gasteiger partial charge in [-0.15, -0.1) is 0 Å². The first-order chi connectivity index (χ1) is 8.87. The molecule has 3 heterocycles. The van der Waals surface area contributed by atoms with Crippen LogP contribution in [-0.2, 0) is 14.2 Å². The number of H-pyrrole nitrogens is 1. The Hall–Kier alpha value is -1.86. The van der Waals surface area contributed by atoms with E-state index in [4.69, 9.17) is 14.2 Å². The lowest BCUT2D eigenvalue weighted by atomic mass is 10.2. The van der Waals surface area contributed by atoms with Gasteiger partial charge in [0.1, 0.15) is 11.9 Å². The molecule has 19 heavy (non-hydrogen) atoms. The number of nitrogens with one attached hydrogen (secondary N) is 1. The Morgan fingerprint density at radius 1 is 1.37 bits per heavy atom. The fourth-order valence-electron chi connectivity index (χ4n) is 2.38. The van der Waals surface area contributed by atoms with E-state index in [0.717, 1.165) is 0 Å². The van der Waals surface area contributed by atoms with Crippen LogP contribution in [0, 0.1) is 0 Å². The highest BCUT2D eigenvalue weighted by Gasteiger charge is 2.53. The summed E-state index contributed by atoms with van der Waals surface area (Å²) in [4.78, 5) is 25.0. The van der Waals surface area contributed by atoms with Crippen LogP contribution in [0.15, 0.2) is 34.2 Å². The van der Waals surface area contributed by atoms with Gasteiger partial charge < -0.3 is 14.2 Å². The van der Waals surface area contributed by atoms with E-state index in [1.165, 1.54) is 16.8 Å². The minimum atomic E-state index is -0.758. The molecule has 0 saturated carbocycles. The zero-order valence-corrected chi connectivity index (χ0v) is 10.6. The van der Waals surface area contributed by atoms with Gasteiger partial charge in [-0.05, 0) is 13.8 Å². The first-order valence-electron chi connectivity index (χ1n) is 5.90. The van der Waals surface area contributed by atoms with Crippen molar-refractivity contribution in [2.24, 2.45) is 0 Å². The first-order valence-corrected chi connectivity index (χ1v) is 5.90. The average molecular weight is 266 g/mol. The van der Waals surface area contributed by atoms with Crippen molar-refractivity contribution < 1.29 is 14.2 Å². The van der Waals surface area contributed by atoms with Crippen LogP contribution < -0.4 is 11.2 Å². The van der Waals surface area contributed by atoms with E-state index in [1.54, 1.807) is 13.8 Å². The normalized spacial score (nSPS) is 32.1. The molecule has 2 saturated heterocycles. The predicted molar refractivity (Wildman–Crippen MR) is 64.4 cm³/mol. The monoisotopic (exact) mass is 266 g/mol. The van der Waals surface area contributed by atoms with Gasteiger partial charge in [-0.25, -0.2) is 4.79 Å². The van der Waals surface area contributed by atoms with Crippen LogP contribution in [0.4, 0.5) is 0 Å². The SMILES string of the molecule is C=C1O[C@@H](n2ccc(=O)[nH]c2=O)[C@H]2OC(C)(C)OC12. The third-order valence-corrected chi connectivity index (χ3v) is 3.12. The third-order valence-electron chi connectivity index (χ3n) is 3.12. The smallest absolute Gasteiger partial charge is 0.331 e. The van der Waals surface area contributed by atoms with Crippen molar-refractivity contribution in [3.8, 4) is 0 Å². The largest absolute Gasteiger partial charge is 0.469 e. The summed E-state index contributed by atoms with van der Waals surface area (Å²) >= 11 is 0. The molecule has 0 aliphatic carbocycles.